The van der Waals surface area contributed by atoms with Gasteiger partial charge in [-0.25, -0.2) is 4.39 Å². The molecular formula is C18H15F2IN2O2. The lowest BCUT2D eigenvalue weighted by Gasteiger charge is -2.09. The molecule has 0 unspecified atom stereocenters. The van der Waals surface area contributed by atoms with E-state index in [2.05, 4.69) is 39.9 Å². The standard InChI is InChI=1S/C18H15F2IN2O2/c1-11-10-12(21)4-7-15(11)23-8-2-3-9-25-17-13(18(22)24)5-6-14(19)16(17)20/h4-7,10,23H,3,9H2,1H3,(H2,22,24). The molecule has 25 heavy (non-hydrogen) atoms. The van der Waals surface area contributed by atoms with Crippen molar-refractivity contribution in [1.82, 2.24) is 0 Å². The fourth-order valence-electron chi connectivity index (χ4n) is 2.01. The summed E-state index contributed by atoms with van der Waals surface area (Å²) in [5, 5.41) is 2.96. The largest absolute Gasteiger partial charge is 0.489 e. The zero-order chi connectivity index (χ0) is 18.4. The molecule has 2 rings (SSSR count). The monoisotopic (exact) mass is 456 g/mol. The van der Waals surface area contributed by atoms with Crippen LogP contribution < -0.4 is 15.8 Å². The summed E-state index contributed by atoms with van der Waals surface area (Å²) in [4.78, 5) is 11.2. The van der Waals surface area contributed by atoms with E-state index < -0.39 is 23.3 Å². The Bertz CT molecular complexity index is 860. The van der Waals surface area contributed by atoms with Crippen LogP contribution in [0.4, 0.5) is 14.5 Å². The Balaban J connectivity index is 1.94. The molecule has 0 saturated carbocycles. The van der Waals surface area contributed by atoms with Crippen molar-refractivity contribution >= 4 is 34.2 Å². The molecule has 0 aliphatic rings. The van der Waals surface area contributed by atoms with E-state index in [1.807, 2.05) is 25.1 Å². The van der Waals surface area contributed by atoms with Crippen LogP contribution in [0.3, 0.4) is 0 Å². The van der Waals surface area contributed by atoms with Crippen LogP contribution in [0.15, 0.2) is 30.3 Å². The highest BCUT2D eigenvalue weighted by atomic mass is 127. The van der Waals surface area contributed by atoms with E-state index in [1.165, 1.54) is 0 Å². The number of primary amides is 1. The van der Waals surface area contributed by atoms with Gasteiger partial charge in [-0.3, -0.25) is 4.79 Å². The molecule has 4 nitrogen and oxygen atoms in total. The van der Waals surface area contributed by atoms with Crippen molar-refractivity contribution in [2.24, 2.45) is 5.73 Å². The first-order valence-electron chi connectivity index (χ1n) is 7.30. The molecule has 130 valence electrons. The Labute approximate surface area is 157 Å². The molecule has 0 spiro atoms. The maximum atomic E-state index is 13.7. The van der Waals surface area contributed by atoms with Crippen molar-refractivity contribution in [3.05, 3.63) is 56.7 Å². The van der Waals surface area contributed by atoms with Crippen molar-refractivity contribution < 1.29 is 18.3 Å². The lowest BCUT2D eigenvalue weighted by molar-refractivity contribution is 0.0995. The number of anilines is 1. The van der Waals surface area contributed by atoms with Crippen LogP contribution in [0, 0.1) is 34.1 Å². The second kappa shape index (κ2) is 8.67. The van der Waals surface area contributed by atoms with Gasteiger partial charge in [0.05, 0.1) is 12.2 Å². The van der Waals surface area contributed by atoms with Crippen LogP contribution >= 0.6 is 22.6 Å². The third-order valence-corrected chi connectivity index (χ3v) is 3.93. The van der Waals surface area contributed by atoms with Crippen molar-refractivity contribution in [2.75, 3.05) is 11.9 Å². The fourth-order valence-corrected chi connectivity index (χ4v) is 2.66. The molecule has 0 bridgehead atoms. The molecule has 1 amide bonds. The third kappa shape index (κ3) is 5.06. The van der Waals surface area contributed by atoms with E-state index in [1.54, 1.807) is 0 Å². The molecule has 0 aliphatic carbocycles. The minimum atomic E-state index is -1.24. The molecule has 0 radical (unpaired) electrons. The van der Waals surface area contributed by atoms with Crippen molar-refractivity contribution in [3.8, 4) is 17.7 Å². The molecule has 2 aromatic rings. The average molecular weight is 456 g/mol. The summed E-state index contributed by atoms with van der Waals surface area (Å²) in [5.74, 6) is -0.923. The highest BCUT2D eigenvalue weighted by molar-refractivity contribution is 14.1. The SMILES string of the molecule is Cc1cc(I)ccc1NC#CCCOc1c(C(N)=O)ccc(F)c1F. The van der Waals surface area contributed by atoms with Crippen LogP contribution in [0.25, 0.3) is 0 Å². The van der Waals surface area contributed by atoms with Gasteiger partial charge in [-0.1, -0.05) is 5.92 Å². The van der Waals surface area contributed by atoms with Crippen LogP contribution in [-0.2, 0) is 0 Å². The van der Waals surface area contributed by atoms with E-state index in [9.17, 15) is 13.6 Å². The first-order chi connectivity index (χ1) is 11.9. The highest BCUT2D eigenvalue weighted by Crippen LogP contribution is 2.25. The number of nitrogens with one attached hydrogen (secondary N) is 1. The smallest absolute Gasteiger partial charge is 0.252 e. The summed E-state index contributed by atoms with van der Waals surface area (Å²) >= 11 is 2.23. The normalized spacial score (nSPS) is 9.92. The summed E-state index contributed by atoms with van der Waals surface area (Å²) in [7, 11) is 0. The number of carbonyl (C=O) groups is 1. The lowest BCUT2D eigenvalue weighted by atomic mass is 10.2. The second-order valence-corrected chi connectivity index (χ2v) is 6.33. The summed E-state index contributed by atoms with van der Waals surface area (Å²) in [6.07, 6.45) is 0.255. The van der Waals surface area contributed by atoms with Crippen molar-refractivity contribution in [3.63, 3.8) is 0 Å². The molecule has 2 aromatic carbocycles. The summed E-state index contributed by atoms with van der Waals surface area (Å²) in [6, 6.07) is 10.6. The Morgan fingerprint density at radius 1 is 1.32 bits per heavy atom. The number of nitrogens with two attached hydrogens (primary N) is 1. The van der Waals surface area contributed by atoms with E-state index in [0.717, 1.165) is 27.0 Å². The highest BCUT2D eigenvalue weighted by Gasteiger charge is 2.18. The molecule has 0 atom stereocenters. The molecule has 0 aromatic heterocycles. The number of hydrogen-bond donors (Lipinski definition) is 2. The molecule has 0 aliphatic heterocycles. The topological polar surface area (TPSA) is 64.3 Å². The zero-order valence-electron chi connectivity index (χ0n) is 13.3. The van der Waals surface area contributed by atoms with Gasteiger partial charge in [0.2, 0.25) is 5.82 Å². The second-order valence-electron chi connectivity index (χ2n) is 5.09. The first kappa shape index (κ1) is 19.0. The number of halogens is 3. The minimum Gasteiger partial charge on any atom is -0.489 e. The molecule has 3 N–H and O–H groups in total. The number of aryl methyl sites for hydroxylation is 1. The minimum absolute atomic E-state index is 0.0129. The van der Waals surface area contributed by atoms with Gasteiger partial charge in [0.15, 0.2) is 11.6 Å². The van der Waals surface area contributed by atoms with Gasteiger partial charge in [-0.2, -0.15) is 4.39 Å². The molecule has 0 fully saturated rings. The number of amides is 1. The predicted octanol–water partition coefficient (Wildman–Crippen LogP) is 3.82. The van der Waals surface area contributed by atoms with E-state index in [-0.39, 0.29) is 18.6 Å². The number of ether oxygens (including phenoxy) is 1. The van der Waals surface area contributed by atoms with E-state index in [4.69, 9.17) is 10.5 Å². The van der Waals surface area contributed by atoms with Gasteiger partial charge < -0.3 is 15.8 Å². The lowest BCUT2D eigenvalue weighted by Crippen LogP contribution is -2.15. The number of rotatable bonds is 5. The molecule has 0 saturated heterocycles. The van der Waals surface area contributed by atoms with Crippen LogP contribution in [0.2, 0.25) is 0 Å². The number of hydrogen-bond acceptors (Lipinski definition) is 3. The number of benzene rings is 2. The average Bonchev–Trinajstić information content (AvgIpc) is 2.55. The maximum absolute atomic E-state index is 13.7. The summed E-state index contributed by atoms with van der Waals surface area (Å²) in [6.45, 7) is 1.95. The molecule has 7 heteroatoms. The zero-order valence-corrected chi connectivity index (χ0v) is 15.5. The molecular weight excluding hydrogens is 441 g/mol. The van der Waals surface area contributed by atoms with Gasteiger partial charge in [0.1, 0.15) is 0 Å². The Morgan fingerprint density at radius 3 is 2.76 bits per heavy atom. The summed E-state index contributed by atoms with van der Waals surface area (Å²) < 4.78 is 33.3. The third-order valence-electron chi connectivity index (χ3n) is 3.26. The van der Waals surface area contributed by atoms with Gasteiger partial charge >= 0.3 is 0 Å². The van der Waals surface area contributed by atoms with Crippen molar-refractivity contribution in [2.45, 2.75) is 13.3 Å². The fraction of sp³-hybridized carbons (Fsp3) is 0.167. The van der Waals surface area contributed by atoms with Crippen LogP contribution in [0.5, 0.6) is 5.75 Å². The quantitative estimate of drug-likeness (QED) is 0.311. The Kier molecular flexibility index (Phi) is 6.58. The maximum Gasteiger partial charge on any atom is 0.252 e. The van der Waals surface area contributed by atoms with Gasteiger partial charge in [-0.05, 0) is 65.4 Å². The van der Waals surface area contributed by atoms with Gasteiger partial charge in [-0.15, -0.1) is 0 Å². The van der Waals surface area contributed by atoms with E-state index in [0.29, 0.717) is 0 Å². The molecule has 0 heterocycles. The van der Waals surface area contributed by atoms with E-state index >= 15 is 0 Å². The van der Waals surface area contributed by atoms with Gasteiger partial charge in [0.25, 0.3) is 5.91 Å². The van der Waals surface area contributed by atoms with Gasteiger partial charge in [0, 0.05) is 21.7 Å². The van der Waals surface area contributed by atoms with Crippen LogP contribution in [-0.4, -0.2) is 12.5 Å². The van der Waals surface area contributed by atoms with Crippen LogP contribution in [0.1, 0.15) is 22.3 Å². The van der Waals surface area contributed by atoms with Crippen molar-refractivity contribution in [1.29, 1.82) is 0 Å². The predicted molar refractivity (Wildman–Crippen MR) is 100 cm³/mol. The number of carbonyl (C=O) groups excluding carboxylic acids is 1. The Hall–Kier alpha value is -2.34. The first-order valence-corrected chi connectivity index (χ1v) is 8.38. The Morgan fingerprint density at radius 2 is 2.08 bits per heavy atom. The summed E-state index contributed by atoms with van der Waals surface area (Å²) in [5.41, 5.74) is 6.87.